The Labute approximate surface area is 188 Å². The number of pyridine rings is 1. The van der Waals surface area contributed by atoms with Crippen molar-refractivity contribution in [2.75, 3.05) is 6.61 Å². The third-order valence-electron chi connectivity index (χ3n) is 7.22. The molecule has 2 atom stereocenters. The van der Waals surface area contributed by atoms with Gasteiger partial charge in [0.15, 0.2) is 0 Å². The predicted octanol–water partition coefficient (Wildman–Crippen LogP) is 6.04. The van der Waals surface area contributed by atoms with E-state index < -0.39 is 0 Å². The summed E-state index contributed by atoms with van der Waals surface area (Å²) in [7, 11) is 0. The van der Waals surface area contributed by atoms with Crippen molar-refractivity contribution in [1.82, 2.24) is 9.88 Å². The Morgan fingerprint density at radius 1 is 0.969 bits per heavy atom. The minimum atomic E-state index is -0.178. The van der Waals surface area contributed by atoms with Crippen LogP contribution in [-0.2, 0) is 4.74 Å². The van der Waals surface area contributed by atoms with Crippen LogP contribution < -0.4 is 0 Å². The van der Waals surface area contributed by atoms with Gasteiger partial charge >= 0.3 is 6.09 Å². The van der Waals surface area contributed by atoms with Gasteiger partial charge in [0.25, 0.3) is 0 Å². The predicted molar refractivity (Wildman–Crippen MR) is 125 cm³/mol. The van der Waals surface area contributed by atoms with E-state index >= 15 is 0 Å². The molecule has 1 aliphatic carbocycles. The standard InChI is InChI=1S/C28H26N2O2/c31-28(30-21-8-5-9-22(30)16-20(15-21)19-7-6-14-29-17-19)32-18-27-25-12-3-1-10-23(25)24-11-2-4-13-26(24)27/h1-4,6-7,10-15,17,21-22,27H,5,8-9,16,18H2. The van der Waals surface area contributed by atoms with Gasteiger partial charge in [-0.05, 0) is 65.1 Å². The summed E-state index contributed by atoms with van der Waals surface area (Å²) in [6.07, 6.45) is 9.84. The molecule has 1 aromatic heterocycles. The number of rotatable bonds is 3. The Morgan fingerprint density at radius 3 is 2.41 bits per heavy atom. The highest BCUT2D eigenvalue weighted by Gasteiger charge is 2.39. The van der Waals surface area contributed by atoms with Crippen LogP contribution >= 0.6 is 0 Å². The summed E-state index contributed by atoms with van der Waals surface area (Å²) in [5.41, 5.74) is 7.47. The molecule has 1 saturated heterocycles. The van der Waals surface area contributed by atoms with Gasteiger partial charge in [-0.25, -0.2) is 4.79 Å². The van der Waals surface area contributed by atoms with Crippen molar-refractivity contribution in [2.24, 2.45) is 0 Å². The van der Waals surface area contributed by atoms with Gasteiger partial charge in [0.2, 0.25) is 0 Å². The number of piperidine rings is 1. The van der Waals surface area contributed by atoms with Crippen molar-refractivity contribution in [3.63, 3.8) is 0 Å². The maximum atomic E-state index is 13.3. The summed E-state index contributed by atoms with van der Waals surface area (Å²) in [4.78, 5) is 19.6. The number of carbonyl (C=O) groups excluding carboxylic acids is 1. The van der Waals surface area contributed by atoms with Crippen LogP contribution in [0.4, 0.5) is 4.79 Å². The van der Waals surface area contributed by atoms with Crippen molar-refractivity contribution >= 4 is 11.7 Å². The van der Waals surface area contributed by atoms with Gasteiger partial charge in [-0.15, -0.1) is 0 Å². The molecule has 32 heavy (non-hydrogen) atoms. The number of carbonyl (C=O) groups is 1. The molecule has 1 fully saturated rings. The highest BCUT2D eigenvalue weighted by atomic mass is 16.6. The lowest BCUT2D eigenvalue weighted by atomic mass is 9.83. The summed E-state index contributed by atoms with van der Waals surface area (Å²) >= 11 is 0. The van der Waals surface area contributed by atoms with Crippen molar-refractivity contribution in [2.45, 2.75) is 43.7 Å². The molecule has 3 aliphatic rings. The minimum absolute atomic E-state index is 0.0949. The topological polar surface area (TPSA) is 42.4 Å². The molecule has 1 amide bonds. The first-order chi connectivity index (χ1) is 15.8. The molecule has 0 saturated carbocycles. The van der Waals surface area contributed by atoms with E-state index in [1.165, 1.54) is 27.8 Å². The fourth-order valence-corrected chi connectivity index (χ4v) is 5.75. The second-order valence-electron chi connectivity index (χ2n) is 9.00. The third-order valence-corrected chi connectivity index (χ3v) is 7.22. The van der Waals surface area contributed by atoms with Crippen LogP contribution in [0.25, 0.3) is 16.7 Å². The third kappa shape index (κ3) is 3.22. The number of hydrogen-bond donors (Lipinski definition) is 0. The number of fused-ring (bicyclic) bond motifs is 5. The van der Waals surface area contributed by atoms with E-state index in [-0.39, 0.29) is 24.1 Å². The molecule has 0 spiro atoms. The molecule has 2 unspecified atom stereocenters. The fraction of sp³-hybridized carbons (Fsp3) is 0.286. The molecule has 6 rings (SSSR count). The van der Waals surface area contributed by atoms with E-state index in [2.05, 4.69) is 65.7 Å². The van der Waals surface area contributed by atoms with E-state index in [0.29, 0.717) is 6.61 Å². The summed E-state index contributed by atoms with van der Waals surface area (Å²) < 4.78 is 6.00. The van der Waals surface area contributed by atoms with Crippen LogP contribution in [-0.4, -0.2) is 34.7 Å². The highest BCUT2D eigenvalue weighted by Crippen LogP contribution is 2.45. The molecular weight excluding hydrogens is 396 g/mol. The number of hydrogen-bond acceptors (Lipinski definition) is 3. The summed E-state index contributed by atoms with van der Waals surface area (Å²) in [5, 5.41) is 0. The number of amides is 1. The van der Waals surface area contributed by atoms with Crippen LogP contribution in [0.5, 0.6) is 0 Å². The molecule has 4 nitrogen and oxygen atoms in total. The molecule has 0 radical (unpaired) electrons. The Morgan fingerprint density at radius 2 is 1.72 bits per heavy atom. The largest absolute Gasteiger partial charge is 0.448 e. The van der Waals surface area contributed by atoms with E-state index in [4.69, 9.17) is 4.74 Å². The van der Waals surface area contributed by atoms with E-state index in [1.807, 2.05) is 17.2 Å². The van der Waals surface area contributed by atoms with Gasteiger partial charge in [0.1, 0.15) is 6.61 Å². The number of aromatic nitrogens is 1. The molecule has 0 N–H and O–H groups in total. The second kappa shape index (κ2) is 7.94. The summed E-state index contributed by atoms with van der Waals surface area (Å²) in [5.74, 6) is 0.0949. The van der Waals surface area contributed by atoms with Crippen LogP contribution in [0.3, 0.4) is 0 Å². The lowest BCUT2D eigenvalue weighted by molar-refractivity contribution is 0.0539. The van der Waals surface area contributed by atoms with Crippen LogP contribution in [0.2, 0.25) is 0 Å². The normalized spacial score (nSPS) is 21.5. The molecular formula is C28H26N2O2. The van der Waals surface area contributed by atoms with Gasteiger partial charge in [-0.3, -0.25) is 9.88 Å². The molecule has 3 heterocycles. The first kappa shape index (κ1) is 19.3. The van der Waals surface area contributed by atoms with E-state index in [1.54, 1.807) is 6.20 Å². The van der Waals surface area contributed by atoms with Gasteiger partial charge in [0, 0.05) is 24.4 Å². The van der Waals surface area contributed by atoms with Crippen LogP contribution in [0.1, 0.15) is 48.3 Å². The SMILES string of the molecule is O=C(OCC1c2ccccc2-c2ccccc21)N1C2C=C(c3cccnc3)CC1CCC2. The van der Waals surface area contributed by atoms with Gasteiger partial charge in [-0.1, -0.05) is 60.7 Å². The van der Waals surface area contributed by atoms with Crippen molar-refractivity contribution in [3.8, 4) is 11.1 Å². The maximum Gasteiger partial charge on any atom is 0.410 e. The van der Waals surface area contributed by atoms with E-state index in [9.17, 15) is 4.79 Å². The number of ether oxygens (including phenoxy) is 1. The van der Waals surface area contributed by atoms with Crippen molar-refractivity contribution < 1.29 is 9.53 Å². The van der Waals surface area contributed by atoms with Gasteiger partial charge < -0.3 is 4.74 Å². The Kier molecular flexibility index (Phi) is 4.79. The van der Waals surface area contributed by atoms with Gasteiger partial charge in [-0.2, -0.15) is 0 Å². The Hall–Kier alpha value is -3.40. The molecule has 2 aliphatic heterocycles. The van der Waals surface area contributed by atoms with Crippen molar-refractivity contribution in [3.05, 3.63) is 95.8 Å². The second-order valence-corrected chi connectivity index (χ2v) is 9.00. The Bertz CT molecular complexity index is 1140. The average molecular weight is 423 g/mol. The first-order valence-electron chi connectivity index (χ1n) is 11.5. The maximum absolute atomic E-state index is 13.3. The molecule has 4 heteroatoms. The highest BCUT2D eigenvalue weighted by molar-refractivity contribution is 5.79. The molecule has 2 bridgehead atoms. The quantitative estimate of drug-likeness (QED) is 0.517. The zero-order valence-corrected chi connectivity index (χ0v) is 18.0. The minimum Gasteiger partial charge on any atom is -0.448 e. The van der Waals surface area contributed by atoms with E-state index in [0.717, 1.165) is 31.2 Å². The Balaban J connectivity index is 1.22. The zero-order valence-electron chi connectivity index (χ0n) is 18.0. The van der Waals surface area contributed by atoms with Crippen LogP contribution in [0.15, 0.2) is 79.1 Å². The lowest BCUT2D eigenvalue weighted by Crippen LogP contribution is -2.51. The van der Waals surface area contributed by atoms with Crippen LogP contribution in [0, 0.1) is 0 Å². The van der Waals surface area contributed by atoms with Crippen molar-refractivity contribution in [1.29, 1.82) is 0 Å². The monoisotopic (exact) mass is 422 g/mol. The average Bonchev–Trinajstić information content (AvgIpc) is 3.16. The fourth-order valence-electron chi connectivity index (χ4n) is 5.75. The smallest absolute Gasteiger partial charge is 0.410 e. The zero-order chi connectivity index (χ0) is 21.5. The summed E-state index contributed by atoms with van der Waals surface area (Å²) in [6.45, 7) is 0.377. The first-order valence-corrected chi connectivity index (χ1v) is 11.5. The summed E-state index contributed by atoms with van der Waals surface area (Å²) in [6, 6.07) is 21.3. The number of nitrogens with zero attached hydrogens (tertiary/aromatic N) is 2. The lowest BCUT2D eigenvalue weighted by Gasteiger charge is -2.44. The molecule has 160 valence electrons. The molecule has 3 aromatic rings. The van der Waals surface area contributed by atoms with Gasteiger partial charge in [0.05, 0.1) is 6.04 Å². The molecule has 2 aromatic carbocycles. The number of benzene rings is 2.